The minimum Gasteiger partial charge on any atom is -0.314 e. The maximum atomic E-state index is 11.8. The molecule has 0 amide bonds. The van der Waals surface area contributed by atoms with Crippen molar-refractivity contribution in [2.45, 2.75) is 45.2 Å². The van der Waals surface area contributed by atoms with Crippen molar-refractivity contribution in [2.24, 2.45) is 0 Å². The lowest BCUT2D eigenvalue weighted by Crippen LogP contribution is -2.39. The monoisotopic (exact) mass is 280 g/mol. The number of thioether (sulfide) groups is 1. The average molecular weight is 280 g/mol. The second kappa shape index (κ2) is 7.61. The first-order valence-corrected chi connectivity index (χ1v) is 9.11. The van der Waals surface area contributed by atoms with Crippen LogP contribution in [-0.4, -0.2) is 44.3 Å². The van der Waals surface area contributed by atoms with Crippen LogP contribution in [-0.2, 0) is 10.0 Å². The molecule has 6 heteroatoms. The smallest absolute Gasteiger partial charge is 0.211 e. The lowest BCUT2D eigenvalue weighted by molar-refractivity contribution is 0.523. The van der Waals surface area contributed by atoms with E-state index in [9.17, 15) is 8.42 Å². The highest BCUT2D eigenvalue weighted by Crippen LogP contribution is 2.17. The van der Waals surface area contributed by atoms with Crippen LogP contribution in [0.2, 0.25) is 0 Å². The highest BCUT2D eigenvalue weighted by atomic mass is 32.2. The van der Waals surface area contributed by atoms with Gasteiger partial charge in [0.05, 0.1) is 5.75 Å². The summed E-state index contributed by atoms with van der Waals surface area (Å²) in [5.74, 6) is 2.38. The zero-order valence-corrected chi connectivity index (χ0v) is 12.4. The number of rotatable bonds is 7. The fourth-order valence-electron chi connectivity index (χ4n) is 1.78. The van der Waals surface area contributed by atoms with Crippen LogP contribution < -0.4 is 10.0 Å². The standard InChI is InChI=1S/C11H24N2O2S2/c1-10(2)12-6-3-9-17(14,15)13-11-4-7-16-8-5-11/h10-13H,3-9H2,1-2H3. The summed E-state index contributed by atoms with van der Waals surface area (Å²) in [6.07, 6.45) is 2.61. The van der Waals surface area contributed by atoms with Crippen molar-refractivity contribution in [2.75, 3.05) is 23.8 Å². The molecule has 4 nitrogen and oxygen atoms in total. The lowest BCUT2D eigenvalue weighted by Gasteiger charge is -2.22. The molecule has 0 spiro atoms. The molecule has 0 aliphatic carbocycles. The zero-order valence-electron chi connectivity index (χ0n) is 10.7. The summed E-state index contributed by atoms with van der Waals surface area (Å²) < 4.78 is 26.4. The van der Waals surface area contributed by atoms with Crippen LogP contribution in [0.4, 0.5) is 0 Å². The minimum absolute atomic E-state index is 0.166. The molecule has 0 saturated carbocycles. The third kappa shape index (κ3) is 7.28. The Morgan fingerprint density at radius 2 is 1.94 bits per heavy atom. The minimum atomic E-state index is -3.08. The molecule has 2 N–H and O–H groups in total. The van der Waals surface area contributed by atoms with E-state index < -0.39 is 10.0 Å². The van der Waals surface area contributed by atoms with Crippen LogP contribution >= 0.6 is 11.8 Å². The lowest BCUT2D eigenvalue weighted by atomic mass is 10.2. The van der Waals surface area contributed by atoms with Gasteiger partial charge >= 0.3 is 0 Å². The normalized spacial score (nSPS) is 18.8. The van der Waals surface area contributed by atoms with Gasteiger partial charge in [-0.25, -0.2) is 13.1 Å². The Kier molecular flexibility index (Phi) is 6.84. The van der Waals surface area contributed by atoms with Gasteiger partial charge in [0.2, 0.25) is 10.0 Å². The molecule has 17 heavy (non-hydrogen) atoms. The molecule has 0 aromatic heterocycles. The summed E-state index contributed by atoms with van der Waals surface area (Å²) in [7, 11) is -3.08. The van der Waals surface area contributed by atoms with Crippen LogP contribution in [0, 0.1) is 0 Å². The molecular formula is C11H24N2O2S2. The molecule has 1 saturated heterocycles. The first-order valence-electron chi connectivity index (χ1n) is 6.31. The maximum Gasteiger partial charge on any atom is 0.211 e. The molecule has 0 atom stereocenters. The second-order valence-corrected chi connectivity index (χ2v) is 7.88. The predicted molar refractivity (Wildman–Crippen MR) is 75.0 cm³/mol. The van der Waals surface area contributed by atoms with Crippen LogP contribution in [0.15, 0.2) is 0 Å². The molecule has 1 heterocycles. The van der Waals surface area contributed by atoms with Crippen LogP contribution in [0.3, 0.4) is 0 Å². The van der Waals surface area contributed by atoms with Crippen molar-refractivity contribution in [3.05, 3.63) is 0 Å². The molecule has 1 aliphatic heterocycles. The molecule has 0 aromatic rings. The molecule has 0 radical (unpaired) electrons. The Hall–Kier alpha value is 0.220. The molecule has 0 aromatic carbocycles. The van der Waals surface area contributed by atoms with Crippen molar-refractivity contribution in [3.8, 4) is 0 Å². The van der Waals surface area contributed by atoms with Crippen LogP contribution in [0.5, 0.6) is 0 Å². The quantitative estimate of drug-likeness (QED) is 0.688. The van der Waals surface area contributed by atoms with Gasteiger partial charge in [0.25, 0.3) is 0 Å². The average Bonchev–Trinajstić information content (AvgIpc) is 2.25. The van der Waals surface area contributed by atoms with E-state index in [4.69, 9.17) is 0 Å². The Bertz CT molecular complexity index is 299. The number of nitrogens with one attached hydrogen (secondary N) is 2. The third-order valence-electron chi connectivity index (χ3n) is 2.71. The van der Waals surface area contributed by atoms with E-state index in [1.807, 2.05) is 11.8 Å². The van der Waals surface area contributed by atoms with E-state index in [-0.39, 0.29) is 11.8 Å². The van der Waals surface area contributed by atoms with Crippen molar-refractivity contribution in [3.63, 3.8) is 0 Å². The van der Waals surface area contributed by atoms with Gasteiger partial charge in [-0.1, -0.05) is 13.8 Å². The summed E-state index contributed by atoms with van der Waals surface area (Å²) in [6, 6.07) is 0.584. The van der Waals surface area contributed by atoms with Crippen LogP contribution in [0.1, 0.15) is 33.1 Å². The zero-order chi connectivity index (χ0) is 12.7. The number of hydrogen-bond acceptors (Lipinski definition) is 4. The van der Waals surface area contributed by atoms with Gasteiger partial charge in [0.1, 0.15) is 0 Å². The van der Waals surface area contributed by atoms with E-state index in [0.29, 0.717) is 12.5 Å². The molecular weight excluding hydrogens is 256 g/mol. The number of hydrogen-bond donors (Lipinski definition) is 2. The Labute approximate surface area is 109 Å². The van der Waals surface area contributed by atoms with E-state index >= 15 is 0 Å². The Morgan fingerprint density at radius 1 is 1.29 bits per heavy atom. The Morgan fingerprint density at radius 3 is 2.53 bits per heavy atom. The molecule has 0 bridgehead atoms. The summed E-state index contributed by atoms with van der Waals surface area (Å²) in [4.78, 5) is 0. The van der Waals surface area contributed by atoms with Crippen molar-refractivity contribution in [1.29, 1.82) is 0 Å². The fraction of sp³-hybridized carbons (Fsp3) is 1.00. The van der Waals surface area contributed by atoms with Gasteiger partial charge in [0, 0.05) is 12.1 Å². The Balaban J connectivity index is 2.20. The van der Waals surface area contributed by atoms with E-state index in [2.05, 4.69) is 23.9 Å². The van der Waals surface area contributed by atoms with Crippen molar-refractivity contribution in [1.82, 2.24) is 10.0 Å². The third-order valence-corrected chi connectivity index (χ3v) is 5.28. The van der Waals surface area contributed by atoms with E-state index in [0.717, 1.165) is 30.9 Å². The summed E-state index contributed by atoms with van der Waals surface area (Å²) >= 11 is 1.90. The largest absolute Gasteiger partial charge is 0.314 e. The summed E-state index contributed by atoms with van der Waals surface area (Å²) in [6.45, 7) is 4.89. The highest BCUT2D eigenvalue weighted by Gasteiger charge is 2.19. The highest BCUT2D eigenvalue weighted by molar-refractivity contribution is 7.99. The van der Waals surface area contributed by atoms with E-state index in [1.165, 1.54) is 0 Å². The van der Waals surface area contributed by atoms with Gasteiger partial charge in [-0.15, -0.1) is 0 Å². The second-order valence-electron chi connectivity index (χ2n) is 4.79. The fourth-order valence-corrected chi connectivity index (χ4v) is 4.27. The van der Waals surface area contributed by atoms with Crippen molar-refractivity contribution >= 4 is 21.8 Å². The molecule has 0 unspecified atom stereocenters. The maximum absolute atomic E-state index is 11.8. The van der Waals surface area contributed by atoms with Crippen molar-refractivity contribution < 1.29 is 8.42 Å². The van der Waals surface area contributed by atoms with Gasteiger partial charge in [-0.3, -0.25) is 0 Å². The van der Waals surface area contributed by atoms with Gasteiger partial charge in [-0.05, 0) is 37.3 Å². The van der Waals surface area contributed by atoms with Gasteiger partial charge in [-0.2, -0.15) is 11.8 Å². The van der Waals surface area contributed by atoms with Crippen LogP contribution in [0.25, 0.3) is 0 Å². The molecule has 1 aliphatic rings. The number of sulfonamides is 1. The molecule has 1 fully saturated rings. The SMILES string of the molecule is CC(C)NCCCS(=O)(=O)NC1CCSCC1. The first-order chi connectivity index (χ1) is 7.99. The topological polar surface area (TPSA) is 58.2 Å². The molecule has 1 rings (SSSR count). The van der Waals surface area contributed by atoms with Gasteiger partial charge < -0.3 is 5.32 Å². The predicted octanol–water partition coefficient (Wildman–Crippen LogP) is 1.19. The van der Waals surface area contributed by atoms with E-state index in [1.54, 1.807) is 0 Å². The summed E-state index contributed by atoms with van der Waals surface area (Å²) in [5, 5.41) is 3.23. The summed E-state index contributed by atoms with van der Waals surface area (Å²) in [5.41, 5.74) is 0. The first kappa shape index (κ1) is 15.3. The van der Waals surface area contributed by atoms with Gasteiger partial charge in [0.15, 0.2) is 0 Å². The molecule has 102 valence electrons.